The second-order valence-electron chi connectivity index (χ2n) is 9.53. The highest BCUT2D eigenvalue weighted by molar-refractivity contribution is 7.12. The van der Waals surface area contributed by atoms with Gasteiger partial charge in [-0.2, -0.15) is 0 Å². The third kappa shape index (κ3) is 5.62. The quantitative estimate of drug-likeness (QED) is 0.647. The Morgan fingerprint density at radius 3 is 2.59 bits per heavy atom. The van der Waals surface area contributed by atoms with Crippen molar-refractivity contribution in [2.24, 2.45) is 5.92 Å². The summed E-state index contributed by atoms with van der Waals surface area (Å²) < 4.78 is 0. The Labute approximate surface area is 181 Å². The summed E-state index contributed by atoms with van der Waals surface area (Å²) in [7, 11) is 0. The molecule has 0 unspecified atom stereocenters. The van der Waals surface area contributed by atoms with Crippen molar-refractivity contribution < 1.29 is 4.79 Å². The first-order chi connectivity index (χ1) is 14.2. The molecule has 0 spiro atoms. The lowest BCUT2D eigenvalue weighted by molar-refractivity contribution is 0.0613. The molecule has 3 heterocycles. The molecule has 162 valence electrons. The number of piperidine rings is 2. The highest BCUT2D eigenvalue weighted by Crippen LogP contribution is 2.29. The van der Waals surface area contributed by atoms with Crippen molar-refractivity contribution in [1.29, 1.82) is 0 Å². The van der Waals surface area contributed by atoms with Crippen LogP contribution in [0.1, 0.15) is 73.0 Å². The summed E-state index contributed by atoms with van der Waals surface area (Å²) in [5, 5.41) is 2.06. The molecule has 29 heavy (non-hydrogen) atoms. The second kappa shape index (κ2) is 10.4. The minimum atomic E-state index is 0.271. The molecule has 3 fully saturated rings. The zero-order valence-electron chi connectivity index (χ0n) is 18.3. The van der Waals surface area contributed by atoms with Crippen molar-refractivity contribution in [2.45, 2.75) is 70.8 Å². The van der Waals surface area contributed by atoms with E-state index in [1.54, 1.807) is 11.3 Å². The highest BCUT2D eigenvalue weighted by atomic mass is 32.1. The molecular weight excluding hydrogens is 378 g/mol. The van der Waals surface area contributed by atoms with E-state index in [0.717, 1.165) is 36.1 Å². The van der Waals surface area contributed by atoms with Gasteiger partial charge in [0.2, 0.25) is 0 Å². The monoisotopic (exact) mass is 417 g/mol. The average Bonchev–Trinajstić information content (AvgIpc) is 3.43. The van der Waals surface area contributed by atoms with Gasteiger partial charge in [0.25, 0.3) is 5.91 Å². The predicted molar refractivity (Wildman–Crippen MR) is 122 cm³/mol. The summed E-state index contributed by atoms with van der Waals surface area (Å²) in [6.45, 7) is 9.82. The van der Waals surface area contributed by atoms with Crippen LogP contribution in [-0.4, -0.2) is 72.5 Å². The molecule has 1 amide bonds. The van der Waals surface area contributed by atoms with Crippen LogP contribution in [0.15, 0.2) is 11.4 Å². The first kappa shape index (κ1) is 21.3. The maximum absolute atomic E-state index is 13.4. The minimum absolute atomic E-state index is 0.271. The first-order valence-electron chi connectivity index (χ1n) is 12.0. The van der Waals surface area contributed by atoms with Gasteiger partial charge < -0.3 is 14.7 Å². The Morgan fingerprint density at radius 2 is 1.86 bits per heavy atom. The summed E-state index contributed by atoms with van der Waals surface area (Å²) in [6.07, 6.45) is 12.2. The predicted octanol–water partition coefficient (Wildman–Crippen LogP) is 4.64. The molecule has 0 bridgehead atoms. The maximum Gasteiger partial charge on any atom is 0.264 e. The van der Waals surface area contributed by atoms with Gasteiger partial charge in [0.15, 0.2) is 0 Å². The number of thiophene rings is 1. The summed E-state index contributed by atoms with van der Waals surface area (Å²) in [5.41, 5.74) is 1.14. The SMILES string of the molecule is Cc1ccsc1C(=O)N(CCN1CCCCC1)C[C@@H]1CCCN(C2CCCC2)C1. The zero-order valence-corrected chi connectivity index (χ0v) is 19.1. The third-order valence-corrected chi connectivity index (χ3v) is 8.35. The molecule has 0 aromatic carbocycles. The van der Waals surface area contributed by atoms with E-state index in [4.69, 9.17) is 0 Å². The Hall–Kier alpha value is -0.910. The van der Waals surface area contributed by atoms with Gasteiger partial charge in [-0.15, -0.1) is 11.3 Å². The third-order valence-electron chi connectivity index (χ3n) is 7.35. The summed E-state index contributed by atoms with van der Waals surface area (Å²) >= 11 is 1.62. The normalized spacial score (nSPS) is 24.8. The van der Waals surface area contributed by atoms with Crippen LogP contribution in [0.5, 0.6) is 0 Å². The maximum atomic E-state index is 13.4. The summed E-state index contributed by atoms with van der Waals surface area (Å²) in [4.78, 5) is 21.9. The van der Waals surface area contributed by atoms with Crippen LogP contribution in [0.4, 0.5) is 0 Å². The molecule has 2 aliphatic heterocycles. The fourth-order valence-electron chi connectivity index (χ4n) is 5.62. The molecule has 1 aliphatic carbocycles. The molecule has 0 radical (unpaired) electrons. The van der Waals surface area contributed by atoms with Crippen LogP contribution in [0.3, 0.4) is 0 Å². The summed E-state index contributed by atoms with van der Waals surface area (Å²) in [6, 6.07) is 2.90. The Balaban J connectivity index is 1.39. The van der Waals surface area contributed by atoms with Gasteiger partial charge in [0, 0.05) is 32.2 Å². The molecule has 1 saturated carbocycles. The number of hydrogen-bond donors (Lipinski definition) is 0. The lowest BCUT2D eigenvalue weighted by Crippen LogP contribution is -2.47. The molecule has 4 rings (SSSR count). The fraction of sp³-hybridized carbons (Fsp3) is 0.792. The molecule has 1 atom stereocenters. The minimum Gasteiger partial charge on any atom is -0.336 e. The van der Waals surface area contributed by atoms with Crippen LogP contribution in [0.2, 0.25) is 0 Å². The van der Waals surface area contributed by atoms with E-state index in [1.807, 2.05) is 0 Å². The van der Waals surface area contributed by atoms with Crippen LogP contribution in [-0.2, 0) is 0 Å². The van der Waals surface area contributed by atoms with Crippen molar-refractivity contribution in [3.63, 3.8) is 0 Å². The van der Waals surface area contributed by atoms with Crippen LogP contribution in [0, 0.1) is 12.8 Å². The van der Waals surface area contributed by atoms with E-state index >= 15 is 0 Å². The zero-order chi connectivity index (χ0) is 20.1. The molecule has 4 nitrogen and oxygen atoms in total. The fourth-order valence-corrected chi connectivity index (χ4v) is 6.51. The molecule has 1 aromatic heterocycles. The van der Waals surface area contributed by atoms with Gasteiger partial charge in [-0.05, 0) is 88.0 Å². The van der Waals surface area contributed by atoms with Gasteiger partial charge in [0.05, 0.1) is 4.88 Å². The smallest absolute Gasteiger partial charge is 0.264 e. The Morgan fingerprint density at radius 1 is 1.07 bits per heavy atom. The van der Waals surface area contributed by atoms with Crippen molar-refractivity contribution in [1.82, 2.24) is 14.7 Å². The summed E-state index contributed by atoms with van der Waals surface area (Å²) in [5.74, 6) is 0.905. The topological polar surface area (TPSA) is 26.8 Å². The standard InChI is InChI=1S/C24H39N3OS/c1-20-11-17-29-23(20)24(28)27(16-15-25-12-5-2-6-13-25)19-21-8-7-14-26(18-21)22-9-3-4-10-22/h11,17,21-22H,2-10,12-16,18-19H2,1H3/t21-/m1/s1. The Bertz CT molecular complexity index is 648. The van der Waals surface area contributed by atoms with Crippen LogP contribution >= 0.6 is 11.3 Å². The van der Waals surface area contributed by atoms with Crippen molar-refractivity contribution in [3.05, 3.63) is 21.9 Å². The number of amides is 1. The number of carbonyl (C=O) groups is 1. The van der Waals surface area contributed by atoms with Gasteiger partial charge >= 0.3 is 0 Å². The first-order valence-corrected chi connectivity index (χ1v) is 12.9. The molecule has 5 heteroatoms. The molecule has 0 N–H and O–H groups in total. The number of nitrogens with zero attached hydrogens (tertiary/aromatic N) is 3. The van der Waals surface area contributed by atoms with Gasteiger partial charge in [0.1, 0.15) is 0 Å². The molecule has 3 aliphatic rings. The van der Waals surface area contributed by atoms with Crippen molar-refractivity contribution >= 4 is 17.2 Å². The number of aryl methyl sites for hydroxylation is 1. The van der Waals surface area contributed by atoms with E-state index in [1.165, 1.54) is 84.0 Å². The van der Waals surface area contributed by atoms with Crippen LogP contribution in [0.25, 0.3) is 0 Å². The molecule has 2 saturated heterocycles. The van der Waals surface area contributed by atoms with Crippen molar-refractivity contribution in [3.8, 4) is 0 Å². The van der Waals surface area contributed by atoms with Gasteiger partial charge in [-0.3, -0.25) is 4.79 Å². The molecular formula is C24H39N3OS. The number of hydrogen-bond acceptors (Lipinski definition) is 4. The second-order valence-corrected chi connectivity index (χ2v) is 10.4. The average molecular weight is 418 g/mol. The lowest BCUT2D eigenvalue weighted by atomic mass is 9.95. The molecule has 1 aromatic rings. The number of carbonyl (C=O) groups excluding carboxylic acids is 1. The Kier molecular flexibility index (Phi) is 7.65. The highest BCUT2D eigenvalue weighted by Gasteiger charge is 2.30. The largest absolute Gasteiger partial charge is 0.336 e. The number of likely N-dealkylation sites (tertiary alicyclic amines) is 2. The number of rotatable bonds is 7. The van der Waals surface area contributed by atoms with Gasteiger partial charge in [-0.25, -0.2) is 0 Å². The van der Waals surface area contributed by atoms with E-state index in [0.29, 0.717) is 5.92 Å². The lowest BCUT2D eigenvalue weighted by Gasteiger charge is -2.39. The van der Waals surface area contributed by atoms with Crippen molar-refractivity contribution in [2.75, 3.05) is 45.8 Å². The van der Waals surface area contributed by atoms with Gasteiger partial charge in [-0.1, -0.05) is 19.3 Å². The van der Waals surface area contributed by atoms with Crippen LogP contribution < -0.4 is 0 Å². The van der Waals surface area contributed by atoms with E-state index in [-0.39, 0.29) is 5.91 Å². The van der Waals surface area contributed by atoms with E-state index < -0.39 is 0 Å². The van der Waals surface area contributed by atoms with E-state index in [9.17, 15) is 4.79 Å². The van der Waals surface area contributed by atoms with E-state index in [2.05, 4.69) is 33.1 Å².